The van der Waals surface area contributed by atoms with Crippen LogP contribution < -0.4 is 10.9 Å². The summed E-state index contributed by atoms with van der Waals surface area (Å²) in [5, 5.41) is 8.49. The summed E-state index contributed by atoms with van der Waals surface area (Å²) in [6.07, 6.45) is 2.49. The second kappa shape index (κ2) is 7.28. The van der Waals surface area contributed by atoms with Crippen molar-refractivity contribution in [2.24, 2.45) is 0 Å². The third-order valence-electron chi connectivity index (χ3n) is 4.29. The Kier molecular flexibility index (Phi) is 4.68. The Hall–Kier alpha value is -3.06. The number of pyridine rings is 1. The number of nitrogens with one attached hydrogen (secondary N) is 1. The molecule has 0 saturated carbocycles. The second-order valence-electron chi connectivity index (χ2n) is 6.29. The largest absolute Gasteiger partial charge is 0.348 e. The van der Waals surface area contributed by atoms with Gasteiger partial charge in [-0.05, 0) is 31.0 Å². The molecule has 136 valence electrons. The zero-order valence-electron chi connectivity index (χ0n) is 15.1. The van der Waals surface area contributed by atoms with Crippen LogP contribution in [0.3, 0.4) is 0 Å². The number of hydrogen-bond donors (Lipinski definition) is 1. The number of hydrogen-bond acceptors (Lipinski definition) is 6. The molecule has 0 radical (unpaired) electrons. The monoisotopic (exact) mass is 377 g/mol. The van der Waals surface area contributed by atoms with E-state index in [1.807, 2.05) is 31.2 Å². The van der Waals surface area contributed by atoms with Gasteiger partial charge in [0, 0.05) is 18.0 Å². The first kappa shape index (κ1) is 17.4. The van der Waals surface area contributed by atoms with Crippen molar-refractivity contribution in [3.8, 4) is 0 Å². The quantitative estimate of drug-likeness (QED) is 0.575. The van der Waals surface area contributed by atoms with Crippen molar-refractivity contribution in [2.45, 2.75) is 26.3 Å². The molecule has 0 aliphatic rings. The SMILES string of the molecule is CCc1cc(=O)n2nc(NC(c3cccc(C)c3)c3ccccn3)sc2n1. The van der Waals surface area contributed by atoms with Crippen LogP contribution in [-0.4, -0.2) is 19.6 Å². The summed E-state index contributed by atoms with van der Waals surface area (Å²) in [5.74, 6) is 0. The highest BCUT2D eigenvalue weighted by Crippen LogP contribution is 2.28. The topological polar surface area (TPSA) is 72.2 Å². The fourth-order valence-corrected chi connectivity index (χ4v) is 3.80. The van der Waals surface area contributed by atoms with Crippen LogP contribution in [0.4, 0.5) is 5.13 Å². The van der Waals surface area contributed by atoms with Gasteiger partial charge in [0.05, 0.1) is 11.7 Å². The van der Waals surface area contributed by atoms with E-state index >= 15 is 0 Å². The van der Waals surface area contributed by atoms with Crippen LogP contribution >= 0.6 is 11.3 Å². The van der Waals surface area contributed by atoms with E-state index < -0.39 is 0 Å². The zero-order valence-corrected chi connectivity index (χ0v) is 15.9. The molecule has 7 heteroatoms. The molecule has 0 aliphatic heterocycles. The molecular weight excluding hydrogens is 358 g/mol. The van der Waals surface area contributed by atoms with Gasteiger partial charge in [-0.2, -0.15) is 4.52 Å². The van der Waals surface area contributed by atoms with Crippen molar-refractivity contribution < 1.29 is 0 Å². The van der Waals surface area contributed by atoms with E-state index in [9.17, 15) is 4.79 Å². The summed E-state index contributed by atoms with van der Waals surface area (Å²) in [6, 6.07) is 15.5. The average Bonchev–Trinajstić information content (AvgIpc) is 3.10. The van der Waals surface area contributed by atoms with Gasteiger partial charge in [-0.3, -0.25) is 9.78 Å². The second-order valence-corrected chi connectivity index (χ2v) is 7.24. The summed E-state index contributed by atoms with van der Waals surface area (Å²) >= 11 is 1.36. The van der Waals surface area contributed by atoms with E-state index in [1.165, 1.54) is 27.5 Å². The molecule has 6 nitrogen and oxygen atoms in total. The molecule has 0 aliphatic carbocycles. The van der Waals surface area contributed by atoms with Gasteiger partial charge in [-0.15, -0.1) is 5.10 Å². The molecule has 4 aromatic rings. The van der Waals surface area contributed by atoms with E-state index in [1.54, 1.807) is 6.20 Å². The zero-order chi connectivity index (χ0) is 18.8. The lowest BCUT2D eigenvalue weighted by atomic mass is 10.0. The number of nitrogens with zero attached hydrogens (tertiary/aromatic N) is 4. The van der Waals surface area contributed by atoms with Crippen molar-refractivity contribution in [3.05, 3.63) is 87.6 Å². The van der Waals surface area contributed by atoms with Crippen LogP contribution in [0.5, 0.6) is 0 Å². The Balaban J connectivity index is 1.77. The minimum absolute atomic E-state index is 0.161. The van der Waals surface area contributed by atoms with Crippen molar-refractivity contribution in [2.75, 3.05) is 5.32 Å². The molecule has 4 rings (SSSR count). The normalized spacial score (nSPS) is 12.2. The molecule has 1 atom stereocenters. The molecule has 0 saturated heterocycles. The van der Waals surface area contributed by atoms with Crippen LogP contribution in [0.2, 0.25) is 0 Å². The number of rotatable bonds is 5. The van der Waals surface area contributed by atoms with Gasteiger partial charge in [-0.25, -0.2) is 4.98 Å². The molecule has 3 aromatic heterocycles. The minimum Gasteiger partial charge on any atom is -0.348 e. The first-order valence-corrected chi connectivity index (χ1v) is 9.59. The number of fused-ring (bicyclic) bond motifs is 1. The highest BCUT2D eigenvalue weighted by atomic mass is 32.1. The first-order chi connectivity index (χ1) is 13.1. The lowest BCUT2D eigenvalue weighted by Gasteiger charge is -2.18. The van der Waals surface area contributed by atoms with Gasteiger partial charge in [0.25, 0.3) is 5.56 Å². The van der Waals surface area contributed by atoms with Gasteiger partial charge in [0.1, 0.15) is 0 Å². The third kappa shape index (κ3) is 3.59. The Morgan fingerprint density at radius 1 is 1.19 bits per heavy atom. The van der Waals surface area contributed by atoms with E-state index in [0.29, 0.717) is 16.5 Å². The Bertz CT molecular complexity index is 1140. The van der Waals surface area contributed by atoms with Gasteiger partial charge >= 0.3 is 0 Å². The Morgan fingerprint density at radius 3 is 2.81 bits per heavy atom. The lowest BCUT2D eigenvalue weighted by Crippen LogP contribution is -2.17. The van der Waals surface area contributed by atoms with Gasteiger partial charge in [0.2, 0.25) is 10.1 Å². The molecule has 1 unspecified atom stereocenters. The number of aryl methyl sites for hydroxylation is 2. The summed E-state index contributed by atoms with van der Waals surface area (Å²) in [7, 11) is 0. The molecular formula is C20H19N5OS. The smallest absolute Gasteiger partial charge is 0.275 e. The first-order valence-electron chi connectivity index (χ1n) is 8.78. The molecule has 3 heterocycles. The van der Waals surface area contributed by atoms with Crippen molar-refractivity contribution in [3.63, 3.8) is 0 Å². The standard InChI is InChI=1S/C20H19N5OS/c1-3-15-12-17(26)25-20(22-15)27-19(24-25)23-18(16-9-4-5-10-21-16)14-8-6-7-13(2)11-14/h4-12,18H,3H2,1-2H3,(H,23,24). The summed E-state index contributed by atoms with van der Waals surface area (Å²) in [4.78, 5) is 21.9. The summed E-state index contributed by atoms with van der Waals surface area (Å²) < 4.78 is 1.35. The van der Waals surface area contributed by atoms with E-state index in [-0.39, 0.29) is 11.6 Å². The van der Waals surface area contributed by atoms with Crippen LogP contribution in [-0.2, 0) is 6.42 Å². The molecule has 0 bridgehead atoms. The van der Waals surface area contributed by atoms with Crippen LogP contribution in [0, 0.1) is 6.92 Å². The molecule has 1 N–H and O–H groups in total. The van der Waals surface area contributed by atoms with Crippen LogP contribution in [0.15, 0.2) is 59.5 Å². The summed E-state index contributed by atoms with van der Waals surface area (Å²) in [5.41, 5.74) is 3.76. The minimum atomic E-state index is -0.173. The summed E-state index contributed by atoms with van der Waals surface area (Å²) in [6.45, 7) is 4.04. The average molecular weight is 377 g/mol. The maximum absolute atomic E-state index is 12.3. The Labute approximate surface area is 160 Å². The molecule has 27 heavy (non-hydrogen) atoms. The molecule has 0 amide bonds. The van der Waals surface area contributed by atoms with E-state index in [0.717, 1.165) is 17.0 Å². The van der Waals surface area contributed by atoms with Crippen LogP contribution in [0.1, 0.15) is 35.5 Å². The fraction of sp³-hybridized carbons (Fsp3) is 0.200. The Morgan fingerprint density at radius 2 is 2.07 bits per heavy atom. The molecule has 1 aromatic carbocycles. The maximum Gasteiger partial charge on any atom is 0.275 e. The van der Waals surface area contributed by atoms with Crippen molar-refractivity contribution in [1.82, 2.24) is 19.6 Å². The lowest BCUT2D eigenvalue weighted by molar-refractivity contribution is 0.844. The van der Waals surface area contributed by atoms with Gasteiger partial charge < -0.3 is 5.32 Å². The highest BCUT2D eigenvalue weighted by molar-refractivity contribution is 7.20. The molecule has 0 fully saturated rings. The predicted octanol–water partition coefficient (Wildman–Crippen LogP) is 3.62. The van der Waals surface area contributed by atoms with E-state index in [2.05, 4.69) is 45.5 Å². The predicted molar refractivity (Wildman–Crippen MR) is 107 cm³/mol. The van der Waals surface area contributed by atoms with Crippen molar-refractivity contribution >= 4 is 21.4 Å². The van der Waals surface area contributed by atoms with Gasteiger partial charge in [0.15, 0.2) is 0 Å². The fourth-order valence-electron chi connectivity index (χ4n) is 2.94. The highest BCUT2D eigenvalue weighted by Gasteiger charge is 2.18. The van der Waals surface area contributed by atoms with Crippen molar-refractivity contribution in [1.29, 1.82) is 0 Å². The van der Waals surface area contributed by atoms with Crippen LogP contribution in [0.25, 0.3) is 4.96 Å². The number of aromatic nitrogens is 4. The maximum atomic E-state index is 12.3. The van der Waals surface area contributed by atoms with Gasteiger partial charge in [-0.1, -0.05) is 54.2 Å². The number of benzene rings is 1. The number of anilines is 1. The third-order valence-corrected chi connectivity index (χ3v) is 5.13. The van der Waals surface area contributed by atoms with E-state index in [4.69, 9.17) is 0 Å². The molecule has 0 spiro atoms.